The van der Waals surface area contributed by atoms with Gasteiger partial charge < -0.3 is 24.6 Å². The number of methoxy groups -OCH3 is 3. The zero-order valence-electron chi connectivity index (χ0n) is 16.0. The summed E-state index contributed by atoms with van der Waals surface area (Å²) in [6.07, 6.45) is 3.09. The van der Waals surface area contributed by atoms with E-state index in [9.17, 15) is 5.11 Å². The zero-order valence-corrected chi connectivity index (χ0v) is 16.8. The van der Waals surface area contributed by atoms with Gasteiger partial charge in [-0.05, 0) is 42.6 Å². The van der Waals surface area contributed by atoms with Crippen LogP contribution in [0.25, 0.3) is 0 Å². The molecule has 0 spiro atoms. The smallest absolute Gasteiger partial charge is 0.203 e. The largest absolute Gasteiger partial charge is 0.493 e. The Morgan fingerprint density at radius 3 is 2.04 bits per heavy atom. The summed E-state index contributed by atoms with van der Waals surface area (Å²) in [5.74, 6) is 1.59. The number of rotatable bonds is 6. The molecule has 1 aliphatic heterocycles. The maximum absolute atomic E-state index is 12.0. The molecule has 2 atom stereocenters. The van der Waals surface area contributed by atoms with E-state index in [1.165, 1.54) is 0 Å². The summed E-state index contributed by atoms with van der Waals surface area (Å²) in [6, 6.07) is 13.3. The summed E-state index contributed by atoms with van der Waals surface area (Å²) in [4.78, 5) is 0. The first-order valence-electron chi connectivity index (χ1n) is 8.97. The third-order valence-corrected chi connectivity index (χ3v) is 5.13. The van der Waals surface area contributed by atoms with Gasteiger partial charge in [0.15, 0.2) is 11.5 Å². The normalized spacial score (nSPS) is 18.7. The van der Waals surface area contributed by atoms with E-state index >= 15 is 0 Å². The second-order valence-electron chi connectivity index (χ2n) is 6.55. The molecule has 1 aliphatic rings. The highest BCUT2D eigenvalue weighted by atomic mass is 35.5. The highest BCUT2D eigenvalue weighted by molar-refractivity contribution is 5.85. The van der Waals surface area contributed by atoms with Gasteiger partial charge in [0, 0.05) is 6.04 Å². The second-order valence-corrected chi connectivity index (χ2v) is 6.55. The van der Waals surface area contributed by atoms with Gasteiger partial charge in [0.1, 0.15) is 5.60 Å². The predicted molar refractivity (Wildman–Crippen MR) is 108 cm³/mol. The van der Waals surface area contributed by atoms with Crippen molar-refractivity contribution in [2.75, 3.05) is 27.9 Å². The number of hydrogen-bond acceptors (Lipinski definition) is 5. The summed E-state index contributed by atoms with van der Waals surface area (Å²) < 4.78 is 16.4. The minimum atomic E-state index is -1.20. The molecule has 0 radical (unpaired) electrons. The van der Waals surface area contributed by atoms with E-state index in [2.05, 4.69) is 5.32 Å². The minimum Gasteiger partial charge on any atom is -0.493 e. The zero-order chi connectivity index (χ0) is 18.6. The Balaban J connectivity index is 0.00000261. The van der Waals surface area contributed by atoms with Crippen LogP contribution in [0.3, 0.4) is 0 Å². The minimum absolute atomic E-state index is 0. The van der Waals surface area contributed by atoms with Gasteiger partial charge in [0.2, 0.25) is 5.75 Å². The van der Waals surface area contributed by atoms with Crippen molar-refractivity contribution in [2.24, 2.45) is 0 Å². The van der Waals surface area contributed by atoms with Crippen molar-refractivity contribution in [3.63, 3.8) is 0 Å². The summed E-state index contributed by atoms with van der Waals surface area (Å²) >= 11 is 0. The van der Waals surface area contributed by atoms with E-state index < -0.39 is 5.60 Å². The number of benzene rings is 2. The molecule has 0 bridgehead atoms. The van der Waals surface area contributed by atoms with Crippen LogP contribution in [0.1, 0.15) is 30.4 Å². The van der Waals surface area contributed by atoms with Crippen LogP contribution in [0.2, 0.25) is 0 Å². The van der Waals surface area contributed by atoms with Crippen molar-refractivity contribution in [3.05, 3.63) is 53.6 Å². The molecule has 1 saturated heterocycles. The third-order valence-electron chi connectivity index (χ3n) is 5.13. The molecule has 1 heterocycles. The van der Waals surface area contributed by atoms with Crippen LogP contribution in [-0.2, 0) is 5.60 Å². The molecule has 27 heavy (non-hydrogen) atoms. The van der Waals surface area contributed by atoms with E-state index in [4.69, 9.17) is 14.2 Å². The summed E-state index contributed by atoms with van der Waals surface area (Å²) in [7, 11) is 4.75. The number of aliphatic hydroxyl groups is 1. The fourth-order valence-electron chi connectivity index (χ4n) is 3.77. The number of piperidine rings is 1. The molecule has 3 rings (SSSR count). The number of halogens is 1. The predicted octanol–water partition coefficient (Wildman–Crippen LogP) is 3.51. The Kier molecular flexibility index (Phi) is 7.36. The first kappa shape index (κ1) is 21.4. The first-order valence-corrected chi connectivity index (χ1v) is 8.97. The van der Waals surface area contributed by atoms with Crippen LogP contribution in [-0.4, -0.2) is 39.0 Å². The third kappa shape index (κ3) is 4.00. The molecule has 1 fully saturated rings. The number of hydrogen-bond donors (Lipinski definition) is 2. The van der Waals surface area contributed by atoms with Gasteiger partial charge in [-0.1, -0.05) is 36.8 Å². The molecule has 2 aromatic carbocycles. The fourth-order valence-corrected chi connectivity index (χ4v) is 3.77. The lowest BCUT2D eigenvalue weighted by molar-refractivity contribution is 0.0264. The van der Waals surface area contributed by atoms with E-state index in [0.29, 0.717) is 17.2 Å². The van der Waals surface area contributed by atoms with Crippen molar-refractivity contribution < 1.29 is 19.3 Å². The summed E-state index contributed by atoms with van der Waals surface area (Å²) in [5, 5.41) is 15.5. The summed E-state index contributed by atoms with van der Waals surface area (Å²) in [5.41, 5.74) is 0.361. The topological polar surface area (TPSA) is 60.0 Å². The number of ether oxygens (including phenoxy) is 3. The highest BCUT2D eigenvalue weighted by Crippen LogP contribution is 2.44. The highest BCUT2D eigenvalue weighted by Gasteiger charge is 2.41. The molecule has 2 unspecified atom stereocenters. The Labute approximate surface area is 167 Å². The van der Waals surface area contributed by atoms with Gasteiger partial charge in [-0.3, -0.25) is 0 Å². The van der Waals surface area contributed by atoms with E-state index in [1.54, 1.807) is 21.3 Å². The maximum atomic E-state index is 12.0. The van der Waals surface area contributed by atoms with Gasteiger partial charge in [-0.2, -0.15) is 0 Å². The SMILES string of the molecule is COc1cc(C(O)(c2ccccc2)C2CCCCN2)cc(OC)c1OC.Cl. The molecule has 6 heteroatoms. The second kappa shape index (κ2) is 9.31. The molecule has 0 aromatic heterocycles. The van der Waals surface area contributed by atoms with Crippen LogP contribution < -0.4 is 19.5 Å². The molecule has 0 saturated carbocycles. The molecule has 0 aliphatic carbocycles. The average Bonchev–Trinajstić information content (AvgIpc) is 2.73. The Morgan fingerprint density at radius 1 is 0.926 bits per heavy atom. The molecular formula is C21H28ClNO4. The monoisotopic (exact) mass is 393 g/mol. The van der Waals surface area contributed by atoms with Crippen molar-refractivity contribution in [1.82, 2.24) is 5.32 Å². The lowest BCUT2D eigenvalue weighted by Gasteiger charge is -2.40. The van der Waals surface area contributed by atoms with Crippen molar-refractivity contribution in [1.29, 1.82) is 0 Å². The molecule has 2 aromatic rings. The van der Waals surface area contributed by atoms with Crippen LogP contribution in [0.15, 0.2) is 42.5 Å². The van der Waals surface area contributed by atoms with E-state index in [-0.39, 0.29) is 18.4 Å². The van der Waals surface area contributed by atoms with Gasteiger partial charge in [0.05, 0.1) is 21.3 Å². The number of nitrogens with one attached hydrogen (secondary N) is 1. The molecule has 148 valence electrons. The molecule has 5 nitrogen and oxygen atoms in total. The Morgan fingerprint density at radius 2 is 1.56 bits per heavy atom. The van der Waals surface area contributed by atoms with Crippen LogP contribution >= 0.6 is 12.4 Å². The first-order chi connectivity index (χ1) is 12.6. The summed E-state index contributed by atoms with van der Waals surface area (Å²) in [6.45, 7) is 0.893. The van der Waals surface area contributed by atoms with E-state index in [0.717, 1.165) is 36.9 Å². The van der Waals surface area contributed by atoms with Gasteiger partial charge >= 0.3 is 0 Å². The van der Waals surface area contributed by atoms with Crippen LogP contribution in [0.4, 0.5) is 0 Å². The lowest BCUT2D eigenvalue weighted by atomic mass is 9.77. The van der Waals surface area contributed by atoms with Gasteiger partial charge in [-0.15, -0.1) is 12.4 Å². The Bertz CT molecular complexity index is 709. The van der Waals surface area contributed by atoms with Crippen molar-refractivity contribution >= 4 is 12.4 Å². The van der Waals surface area contributed by atoms with Crippen LogP contribution in [0.5, 0.6) is 17.2 Å². The van der Waals surface area contributed by atoms with E-state index in [1.807, 2.05) is 42.5 Å². The molecular weight excluding hydrogens is 366 g/mol. The van der Waals surface area contributed by atoms with Crippen molar-refractivity contribution in [3.8, 4) is 17.2 Å². The average molecular weight is 394 g/mol. The standard InChI is InChI=1S/C21H27NO4.ClH/c1-24-17-13-16(14-18(25-2)20(17)26-3)21(23,15-9-5-4-6-10-15)19-11-7-8-12-22-19;/h4-6,9-10,13-14,19,22-23H,7-8,11-12H2,1-3H3;1H. The molecule has 0 amide bonds. The fraction of sp³-hybridized carbons (Fsp3) is 0.429. The van der Waals surface area contributed by atoms with Crippen molar-refractivity contribution in [2.45, 2.75) is 30.9 Å². The van der Waals surface area contributed by atoms with Crippen LogP contribution in [0, 0.1) is 0 Å². The van der Waals surface area contributed by atoms with Gasteiger partial charge in [-0.25, -0.2) is 0 Å². The molecule has 2 N–H and O–H groups in total. The lowest BCUT2D eigenvalue weighted by Crippen LogP contribution is -2.51. The quantitative estimate of drug-likeness (QED) is 0.786. The van der Waals surface area contributed by atoms with Gasteiger partial charge in [0.25, 0.3) is 0 Å². The Hall–Kier alpha value is -1.95. The maximum Gasteiger partial charge on any atom is 0.203 e.